The monoisotopic (exact) mass is 454 g/mol. The third kappa shape index (κ3) is 4.55. The lowest BCUT2D eigenvalue weighted by Crippen LogP contribution is -1.99. The molecule has 0 radical (unpaired) electrons. The summed E-state index contributed by atoms with van der Waals surface area (Å²) in [5.41, 5.74) is 2.95. The van der Waals surface area contributed by atoms with E-state index in [2.05, 4.69) is 0 Å². The second-order valence-corrected chi connectivity index (χ2v) is 7.88. The highest BCUT2D eigenvalue weighted by Gasteiger charge is 2.30. The first kappa shape index (κ1) is 21.3. The van der Waals surface area contributed by atoms with Gasteiger partial charge in [0.05, 0.1) is 12.2 Å². The Bertz CT molecular complexity index is 1170. The second kappa shape index (κ2) is 9.04. The maximum atomic E-state index is 12.8. The van der Waals surface area contributed by atoms with Crippen LogP contribution in [-0.4, -0.2) is 12.4 Å². The van der Waals surface area contributed by atoms with Crippen molar-refractivity contribution in [1.82, 2.24) is 0 Å². The largest absolute Gasteiger partial charge is 0.494 e. The SMILES string of the molecule is CCOc1ccc(/C=C2\Oc3c(ccc(OCc4ccc(Cl)cc4Cl)c3C)C2=O)cc1. The minimum absolute atomic E-state index is 0.153. The Morgan fingerprint density at radius 1 is 1.00 bits per heavy atom. The van der Waals surface area contributed by atoms with Crippen LogP contribution in [0.2, 0.25) is 10.0 Å². The van der Waals surface area contributed by atoms with Gasteiger partial charge in [-0.25, -0.2) is 0 Å². The maximum Gasteiger partial charge on any atom is 0.231 e. The van der Waals surface area contributed by atoms with E-state index in [1.54, 1.807) is 30.3 Å². The van der Waals surface area contributed by atoms with Gasteiger partial charge in [-0.2, -0.15) is 0 Å². The molecule has 0 saturated heterocycles. The summed E-state index contributed by atoms with van der Waals surface area (Å²) in [5.74, 6) is 2.05. The molecular formula is C25H20Cl2O4. The van der Waals surface area contributed by atoms with Gasteiger partial charge in [0.15, 0.2) is 5.76 Å². The Balaban J connectivity index is 1.53. The van der Waals surface area contributed by atoms with Gasteiger partial charge in [0.2, 0.25) is 5.78 Å². The van der Waals surface area contributed by atoms with Crippen molar-refractivity contribution in [2.75, 3.05) is 6.61 Å². The molecule has 0 aliphatic carbocycles. The Morgan fingerprint density at radius 2 is 1.77 bits per heavy atom. The van der Waals surface area contributed by atoms with Gasteiger partial charge in [0, 0.05) is 21.2 Å². The number of hydrogen-bond donors (Lipinski definition) is 0. The molecular weight excluding hydrogens is 435 g/mol. The summed E-state index contributed by atoms with van der Waals surface area (Å²) in [6.07, 6.45) is 1.73. The summed E-state index contributed by atoms with van der Waals surface area (Å²) in [6.45, 7) is 4.68. The average molecular weight is 455 g/mol. The molecule has 1 aliphatic rings. The number of carbonyl (C=O) groups excluding carboxylic acids is 1. The van der Waals surface area contributed by atoms with Crippen LogP contribution in [0, 0.1) is 6.92 Å². The molecule has 1 heterocycles. The third-order valence-electron chi connectivity index (χ3n) is 4.92. The van der Waals surface area contributed by atoms with Gasteiger partial charge in [-0.1, -0.05) is 41.4 Å². The molecule has 0 N–H and O–H groups in total. The van der Waals surface area contributed by atoms with Crippen LogP contribution in [0.1, 0.15) is 34.0 Å². The van der Waals surface area contributed by atoms with E-state index in [4.69, 9.17) is 37.4 Å². The fraction of sp³-hybridized carbons (Fsp3) is 0.160. The lowest BCUT2D eigenvalue weighted by Gasteiger charge is -2.12. The summed E-state index contributed by atoms with van der Waals surface area (Å²) >= 11 is 12.2. The van der Waals surface area contributed by atoms with Gasteiger partial charge in [-0.05, 0) is 61.9 Å². The second-order valence-electron chi connectivity index (χ2n) is 7.03. The molecule has 3 aromatic rings. The maximum absolute atomic E-state index is 12.8. The number of benzene rings is 3. The molecule has 1 aliphatic heterocycles. The molecule has 0 amide bonds. The van der Waals surface area contributed by atoms with Crippen LogP contribution >= 0.6 is 23.2 Å². The van der Waals surface area contributed by atoms with Crippen LogP contribution in [0.15, 0.2) is 60.4 Å². The van der Waals surface area contributed by atoms with Crippen LogP contribution in [-0.2, 0) is 6.61 Å². The lowest BCUT2D eigenvalue weighted by molar-refractivity contribution is 0.101. The molecule has 31 heavy (non-hydrogen) atoms. The van der Waals surface area contributed by atoms with Crippen molar-refractivity contribution in [2.24, 2.45) is 0 Å². The fourth-order valence-electron chi connectivity index (χ4n) is 3.30. The van der Waals surface area contributed by atoms with Crippen LogP contribution in [0.4, 0.5) is 0 Å². The van der Waals surface area contributed by atoms with Crippen LogP contribution in [0.25, 0.3) is 6.08 Å². The number of fused-ring (bicyclic) bond motifs is 1. The molecule has 0 saturated carbocycles. The summed E-state index contributed by atoms with van der Waals surface area (Å²) in [7, 11) is 0. The number of halogens is 2. The van der Waals surface area contributed by atoms with E-state index in [1.165, 1.54) is 0 Å². The molecule has 0 aromatic heterocycles. The van der Waals surface area contributed by atoms with E-state index >= 15 is 0 Å². The van der Waals surface area contributed by atoms with E-state index in [1.807, 2.05) is 44.2 Å². The highest BCUT2D eigenvalue weighted by Crippen LogP contribution is 2.39. The number of carbonyl (C=O) groups is 1. The quantitative estimate of drug-likeness (QED) is 0.380. The number of hydrogen-bond acceptors (Lipinski definition) is 4. The molecule has 6 heteroatoms. The van der Waals surface area contributed by atoms with Gasteiger partial charge in [-0.3, -0.25) is 4.79 Å². The Labute approximate surface area is 191 Å². The first-order chi connectivity index (χ1) is 15.0. The van der Waals surface area contributed by atoms with Gasteiger partial charge in [0.1, 0.15) is 23.9 Å². The van der Waals surface area contributed by atoms with Crippen LogP contribution in [0.5, 0.6) is 17.2 Å². The predicted molar refractivity (Wildman–Crippen MR) is 123 cm³/mol. The molecule has 0 fully saturated rings. The van der Waals surface area contributed by atoms with E-state index in [-0.39, 0.29) is 18.1 Å². The zero-order valence-corrected chi connectivity index (χ0v) is 18.6. The van der Waals surface area contributed by atoms with Gasteiger partial charge in [0.25, 0.3) is 0 Å². The minimum Gasteiger partial charge on any atom is -0.494 e. The fourth-order valence-corrected chi connectivity index (χ4v) is 3.76. The van der Waals surface area contributed by atoms with Crippen molar-refractivity contribution in [3.8, 4) is 17.2 Å². The molecule has 0 unspecified atom stereocenters. The van der Waals surface area contributed by atoms with Crippen molar-refractivity contribution in [3.05, 3.63) is 92.7 Å². The third-order valence-corrected chi connectivity index (χ3v) is 5.51. The number of ketones is 1. The summed E-state index contributed by atoms with van der Waals surface area (Å²) in [5, 5.41) is 1.11. The molecule has 0 atom stereocenters. The average Bonchev–Trinajstić information content (AvgIpc) is 3.07. The molecule has 4 rings (SSSR count). The standard InChI is InChI=1S/C25H20Cl2O4/c1-3-29-19-8-4-16(5-9-19)12-23-24(28)20-10-11-22(15(2)25(20)31-23)30-14-17-6-7-18(26)13-21(17)27/h4-13H,3,14H2,1-2H3/b23-12-. The Morgan fingerprint density at radius 3 is 2.48 bits per heavy atom. The Kier molecular flexibility index (Phi) is 6.21. The first-order valence-corrected chi connectivity index (χ1v) is 10.6. The van der Waals surface area contributed by atoms with Gasteiger partial charge in [-0.15, -0.1) is 0 Å². The van der Waals surface area contributed by atoms with E-state index in [0.717, 1.165) is 22.4 Å². The zero-order valence-electron chi connectivity index (χ0n) is 17.1. The van der Waals surface area contributed by atoms with Crippen molar-refractivity contribution in [3.63, 3.8) is 0 Å². The number of allylic oxidation sites excluding steroid dienone is 1. The van der Waals surface area contributed by atoms with E-state index < -0.39 is 0 Å². The molecule has 0 bridgehead atoms. The number of Topliss-reactive ketones (excluding diaryl/α,β-unsaturated/α-hetero) is 1. The molecule has 4 nitrogen and oxygen atoms in total. The van der Waals surface area contributed by atoms with Crippen molar-refractivity contribution in [1.29, 1.82) is 0 Å². The first-order valence-electron chi connectivity index (χ1n) is 9.83. The van der Waals surface area contributed by atoms with E-state index in [0.29, 0.717) is 33.7 Å². The van der Waals surface area contributed by atoms with Crippen LogP contribution < -0.4 is 14.2 Å². The summed E-state index contributed by atoms with van der Waals surface area (Å²) in [6, 6.07) is 16.3. The Hall–Kier alpha value is -2.95. The molecule has 158 valence electrons. The lowest BCUT2D eigenvalue weighted by atomic mass is 10.1. The molecule has 3 aromatic carbocycles. The van der Waals surface area contributed by atoms with Gasteiger partial charge >= 0.3 is 0 Å². The summed E-state index contributed by atoms with van der Waals surface area (Å²) < 4.78 is 17.3. The predicted octanol–water partition coefficient (Wildman–Crippen LogP) is 6.90. The van der Waals surface area contributed by atoms with Gasteiger partial charge < -0.3 is 14.2 Å². The zero-order chi connectivity index (χ0) is 22.0. The topological polar surface area (TPSA) is 44.8 Å². The normalized spacial score (nSPS) is 13.8. The van der Waals surface area contributed by atoms with Crippen molar-refractivity contribution < 1.29 is 19.0 Å². The van der Waals surface area contributed by atoms with E-state index in [9.17, 15) is 4.79 Å². The minimum atomic E-state index is -0.153. The highest BCUT2D eigenvalue weighted by atomic mass is 35.5. The smallest absolute Gasteiger partial charge is 0.231 e. The van der Waals surface area contributed by atoms with Crippen molar-refractivity contribution in [2.45, 2.75) is 20.5 Å². The number of ether oxygens (including phenoxy) is 3. The highest BCUT2D eigenvalue weighted by molar-refractivity contribution is 6.35. The molecule has 0 spiro atoms. The van der Waals surface area contributed by atoms with Crippen LogP contribution in [0.3, 0.4) is 0 Å². The van der Waals surface area contributed by atoms with Crippen molar-refractivity contribution >= 4 is 35.1 Å². The number of rotatable bonds is 6. The summed E-state index contributed by atoms with van der Waals surface area (Å²) in [4.78, 5) is 12.8.